The molecule has 0 aliphatic carbocycles. The Morgan fingerprint density at radius 1 is 1.31 bits per heavy atom. The molecular weight excluding hydrogens is 214 g/mol. The van der Waals surface area contributed by atoms with Crippen LogP contribution in [0.5, 0.6) is 0 Å². The lowest BCUT2D eigenvalue weighted by molar-refractivity contribution is 0.361. The van der Waals surface area contributed by atoms with E-state index in [1.807, 2.05) is 11.8 Å². The Hall–Kier alpha value is -0.470. The van der Waals surface area contributed by atoms with Gasteiger partial charge in [-0.1, -0.05) is 44.9 Å². The van der Waals surface area contributed by atoms with E-state index in [4.69, 9.17) is 5.73 Å². The zero-order valence-corrected chi connectivity index (χ0v) is 11.0. The van der Waals surface area contributed by atoms with Crippen molar-refractivity contribution in [2.24, 2.45) is 11.7 Å². The highest BCUT2D eigenvalue weighted by atomic mass is 32.2. The summed E-state index contributed by atoms with van der Waals surface area (Å²) in [5, 5.41) is 0. The number of rotatable bonds is 4. The van der Waals surface area contributed by atoms with Gasteiger partial charge in [0.1, 0.15) is 0 Å². The number of hydrogen-bond donors (Lipinski definition) is 1. The Kier molecular flexibility index (Phi) is 3.93. The third-order valence-corrected chi connectivity index (χ3v) is 5.00. The van der Waals surface area contributed by atoms with Gasteiger partial charge in [0.15, 0.2) is 0 Å². The Morgan fingerprint density at radius 2 is 2.00 bits per heavy atom. The predicted octanol–water partition coefficient (Wildman–Crippen LogP) is 3.64. The van der Waals surface area contributed by atoms with Crippen LogP contribution in [-0.2, 0) is 0 Å². The highest BCUT2D eigenvalue weighted by Crippen LogP contribution is 2.42. The van der Waals surface area contributed by atoms with E-state index in [9.17, 15) is 0 Å². The largest absolute Gasteiger partial charge is 0.327 e. The lowest BCUT2D eigenvalue weighted by atomic mass is 9.83. The summed E-state index contributed by atoms with van der Waals surface area (Å²) in [6, 6.07) is 9.06. The second kappa shape index (κ2) is 5.24. The van der Waals surface area contributed by atoms with E-state index in [0.717, 1.165) is 5.75 Å². The molecule has 2 N–H and O–H groups in total. The first kappa shape index (κ1) is 12.0. The number of fused-ring (bicyclic) bond motifs is 1. The molecule has 0 fully saturated rings. The van der Waals surface area contributed by atoms with Crippen molar-refractivity contribution in [2.75, 3.05) is 5.75 Å². The minimum Gasteiger partial charge on any atom is -0.327 e. The molecule has 0 spiro atoms. The molecule has 0 aromatic heterocycles. The van der Waals surface area contributed by atoms with E-state index >= 15 is 0 Å². The number of hydrogen-bond acceptors (Lipinski definition) is 2. The van der Waals surface area contributed by atoms with Crippen molar-refractivity contribution in [3.05, 3.63) is 29.8 Å². The molecule has 0 radical (unpaired) electrons. The summed E-state index contributed by atoms with van der Waals surface area (Å²) in [6.07, 6.45) is 2.39. The minimum atomic E-state index is 0.325. The van der Waals surface area contributed by atoms with Crippen molar-refractivity contribution in [3.8, 4) is 0 Å². The molecule has 88 valence electrons. The third kappa shape index (κ3) is 2.14. The van der Waals surface area contributed by atoms with Crippen LogP contribution in [0.25, 0.3) is 0 Å². The van der Waals surface area contributed by atoms with Gasteiger partial charge in [0.05, 0.1) is 0 Å². The third-order valence-electron chi connectivity index (χ3n) is 3.79. The van der Waals surface area contributed by atoms with Gasteiger partial charge in [-0.2, -0.15) is 0 Å². The summed E-state index contributed by atoms with van der Waals surface area (Å²) in [5.41, 5.74) is 7.92. The molecular formula is C14H21NS. The molecule has 1 aliphatic heterocycles. The van der Waals surface area contributed by atoms with Crippen LogP contribution in [-0.4, -0.2) is 11.8 Å². The molecule has 1 aromatic rings. The Balaban J connectivity index is 2.18. The normalized spacial score (nSPS) is 21.1. The molecule has 2 rings (SSSR count). The van der Waals surface area contributed by atoms with Crippen LogP contribution in [0.3, 0.4) is 0 Å². The topological polar surface area (TPSA) is 26.0 Å². The molecule has 2 atom stereocenters. The highest BCUT2D eigenvalue weighted by Gasteiger charge is 2.31. The number of benzene rings is 1. The van der Waals surface area contributed by atoms with Gasteiger partial charge in [0.25, 0.3) is 0 Å². The molecule has 1 aromatic carbocycles. The zero-order chi connectivity index (χ0) is 11.5. The Labute approximate surface area is 103 Å². The smallest absolute Gasteiger partial charge is 0.0145 e. The maximum atomic E-state index is 6.45. The Morgan fingerprint density at radius 3 is 2.69 bits per heavy atom. The summed E-state index contributed by atoms with van der Waals surface area (Å²) in [4.78, 5) is 1.44. The van der Waals surface area contributed by atoms with Gasteiger partial charge >= 0.3 is 0 Å². The van der Waals surface area contributed by atoms with Crippen LogP contribution in [0.1, 0.15) is 38.2 Å². The molecule has 0 amide bonds. The standard InChI is InChI=1S/C14H21NS/c1-3-10(4-2)14(15)12-9-16-13-8-6-5-7-11(12)13/h5-8,10,12,14H,3-4,9,15H2,1-2H3. The maximum Gasteiger partial charge on any atom is 0.0145 e. The van der Waals surface area contributed by atoms with Crippen LogP contribution in [0, 0.1) is 5.92 Å². The van der Waals surface area contributed by atoms with Crippen molar-refractivity contribution in [1.82, 2.24) is 0 Å². The average molecular weight is 235 g/mol. The quantitative estimate of drug-likeness (QED) is 0.862. The molecule has 1 heterocycles. The van der Waals surface area contributed by atoms with Gasteiger partial charge in [0, 0.05) is 22.6 Å². The van der Waals surface area contributed by atoms with Gasteiger partial charge in [0.2, 0.25) is 0 Å². The fourth-order valence-corrected chi connectivity index (χ4v) is 3.99. The molecule has 2 unspecified atom stereocenters. The first-order valence-corrected chi connectivity index (χ1v) is 7.23. The van der Waals surface area contributed by atoms with E-state index in [0.29, 0.717) is 17.9 Å². The van der Waals surface area contributed by atoms with Gasteiger partial charge in [-0.15, -0.1) is 11.8 Å². The highest BCUT2D eigenvalue weighted by molar-refractivity contribution is 7.99. The zero-order valence-electron chi connectivity index (χ0n) is 10.1. The monoisotopic (exact) mass is 235 g/mol. The van der Waals surface area contributed by atoms with E-state index in [-0.39, 0.29) is 0 Å². The van der Waals surface area contributed by atoms with Crippen molar-refractivity contribution >= 4 is 11.8 Å². The SMILES string of the molecule is CCC(CC)C(N)C1CSc2ccccc21. The van der Waals surface area contributed by atoms with E-state index in [1.54, 1.807) is 0 Å². The number of nitrogens with two attached hydrogens (primary N) is 1. The molecule has 1 aliphatic rings. The lowest BCUT2D eigenvalue weighted by Crippen LogP contribution is -2.36. The van der Waals surface area contributed by atoms with Crippen LogP contribution in [0.2, 0.25) is 0 Å². The average Bonchev–Trinajstić information content (AvgIpc) is 2.74. The van der Waals surface area contributed by atoms with Crippen molar-refractivity contribution < 1.29 is 0 Å². The van der Waals surface area contributed by atoms with Gasteiger partial charge in [-0.3, -0.25) is 0 Å². The van der Waals surface area contributed by atoms with E-state index in [1.165, 1.54) is 23.3 Å². The molecule has 0 saturated heterocycles. The Bertz CT molecular complexity index is 346. The summed E-state index contributed by atoms with van der Waals surface area (Å²) in [6.45, 7) is 4.50. The fraction of sp³-hybridized carbons (Fsp3) is 0.571. The van der Waals surface area contributed by atoms with Gasteiger partial charge in [-0.25, -0.2) is 0 Å². The van der Waals surface area contributed by atoms with Crippen molar-refractivity contribution in [2.45, 2.75) is 43.5 Å². The van der Waals surface area contributed by atoms with E-state index in [2.05, 4.69) is 38.1 Å². The second-order valence-electron chi connectivity index (χ2n) is 4.61. The lowest BCUT2D eigenvalue weighted by Gasteiger charge is -2.27. The number of thioether (sulfide) groups is 1. The predicted molar refractivity (Wildman–Crippen MR) is 72.0 cm³/mol. The summed E-state index contributed by atoms with van der Waals surface area (Å²) in [5.74, 6) is 2.39. The molecule has 0 saturated carbocycles. The van der Waals surface area contributed by atoms with Crippen LogP contribution >= 0.6 is 11.8 Å². The van der Waals surface area contributed by atoms with Crippen LogP contribution < -0.4 is 5.73 Å². The fourth-order valence-electron chi connectivity index (χ4n) is 2.67. The van der Waals surface area contributed by atoms with Crippen LogP contribution in [0.4, 0.5) is 0 Å². The first-order chi connectivity index (χ1) is 7.77. The molecule has 2 heteroatoms. The summed E-state index contributed by atoms with van der Waals surface area (Å²) >= 11 is 1.96. The molecule has 16 heavy (non-hydrogen) atoms. The first-order valence-electron chi connectivity index (χ1n) is 6.25. The van der Waals surface area contributed by atoms with Crippen LogP contribution in [0.15, 0.2) is 29.2 Å². The van der Waals surface area contributed by atoms with E-state index < -0.39 is 0 Å². The van der Waals surface area contributed by atoms with Crippen molar-refractivity contribution in [1.29, 1.82) is 0 Å². The van der Waals surface area contributed by atoms with Gasteiger partial charge < -0.3 is 5.73 Å². The minimum absolute atomic E-state index is 0.325. The van der Waals surface area contributed by atoms with Crippen molar-refractivity contribution in [3.63, 3.8) is 0 Å². The molecule has 0 bridgehead atoms. The second-order valence-corrected chi connectivity index (χ2v) is 5.67. The molecule has 1 nitrogen and oxygen atoms in total. The van der Waals surface area contributed by atoms with Gasteiger partial charge in [-0.05, 0) is 17.5 Å². The summed E-state index contributed by atoms with van der Waals surface area (Å²) in [7, 11) is 0. The summed E-state index contributed by atoms with van der Waals surface area (Å²) < 4.78 is 0. The maximum absolute atomic E-state index is 6.45.